The van der Waals surface area contributed by atoms with Gasteiger partial charge in [-0.1, -0.05) is 6.92 Å². The van der Waals surface area contributed by atoms with Crippen LogP contribution in [-0.4, -0.2) is 40.5 Å². The fraction of sp³-hybridized carbons (Fsp3) is 0.818. The van der Waals surface area contributed by atoms with Crippen molar-refractivity contribution in [2.45, 2.75) is 51.1 Å². The van der Waals surface area contributed by atoms with Gasteiger partial charge in [-0.2, -0.15) is 0 Å². The number of carboxylic acids is 1. The summed E-state index contributed by atoms with van der Waals surface area (Å²) in [5, 5.41) is 8.60. The van der Waals surface area contributed by atoms with Gasteiger partial charge in [0, 0.05) is 12.6 Å². The van der Waals surface area contributed by atoms with Crippen molar-refractivity contribution in [3.63, 3.8) is 0 Å². The molecule has 2 unspecified atom stereocenters. The third kappa shape index (κ3) is 3.20. The van der Waals surface area contributed by atoms with Gasteiger partial charge < -0.3 is 15.7 Å². The summed E-state index contributed by atoms with van der Waals surface area (Å²) >= 11 is 0. The van der Waals surface area contributed by atoms with Crippen LogP contribution >= 0.6 is 0 Å². The molecule has 92 valence electrons. The summed E-state index contributed by atoms with van der Waals surface area (Å²) in [5.74, 6) is -1.24. The van der Waals surface area contributed by atoms with Crippen LogP contribution in [0.3, 0.4) is 0 Å². The monoisotopic (exact) mass is 228 g/mol. The van der Waals surface area contributed by atoms with E-state index in [1.54, 1.807) is 4.90 Å². The van der Waals surface area contributed by atoms with Crippen LogP contribution in [0, 0.1) is 0 Å². The van der Waals surface area contributed by atoms with Crippen LogP contribution in [0.5, 0.6) is 0 Å². The highest BCUT2D eigenvalue weighted by molar-refractivity contribution is 5.86. The van der Waals surface area contributed by atoms with E-state index < -0.39 is 12.0 Å². The molecule has 1 fully saturated rings. The zero-order valence-electron chi connectivity index (χ0n) is 9.69. The summed E-state index contributed by atoms with van der Waals surface area (Å²) in [7, 11) is 0. The Morgan fingerprint density at radius 3 is 2.75 bits per heavy atom. The Balaban J connectivity index is 2.59. The lowest BCUT2D eigenvalue weighted by atomic mass is 9.98. The predicted octanol–water partition coefficient (Wildman–Crippen LogP) is 0.579. The van der Waals surface area contributed by atoms with Gasteiger partial charge in [0.25, 0.3) is 0 Å². The predicted molar refractivity (Wildman–Crippen MR) is 59.9 cm³/mol. The molecule has 1 heterocycles. The third-order valence-electron chi connectivity index (χ3n) is 3.09. The number of piperidine rings is 1. The van der Waals surface area contributed by atoms with Crippen molar-refractivity contribution in [3.8, 4) is 0 Å². The number of nitrogens with two attached hydrogens (primary N) is 1. The van der Waals surface area contributed by atoms with Crippen molar-refractivity contribution in [1.29, 1.82) is 0 Å². The Labute approximate surface area is 95.6 Å². The number of amides is 1. The minimum atomic E-state index is -1.02. The molecule has 0 radical (unpaired) electrons. The zero-order chi connectivity index (χ0) is 12.1. The molecule has 1 aliphatic rings. The fourth-order valence-corrected chi connectivity index (χ4v) is 2.20. The van der Waals surface area contributed by atoms with Gasteiger partial charge in [0.05, 0.1) is 12.5 Å². The SMILES string of the molecule is CCC1CCCCN1C(=O)C(N)CC(=O)O. The third-order valence-corrected chi connectivity index (χ3v) is 3.09. The lowest BCUT2D eigenvalue weighted by molar-refractivity contribution is -0.143. The summed E-state index contributed by atoms with van der Waals surface area (Å²) in [5.41, 5.74) is 5.59. The molecule has 0 aliphatic carbocycles. The molecular formula is C11H20N2O3. The van der Waals surface area contributed by atoms with Crippen molar-refractivity contribution in [2.75, 3.05) is 6.54 Å². The molecular weight excluding hydrogens is 208 g/mol. The standard InChI is InChI=1S/C11H20N2O3/c1-2-8-5-3-4-6-13(8)11(16)9(12)7-10(14)15/h8-9H,2-7,12H2,1H3,(H,14,15). The summed E-state index contributed by atoms with van der Waals surface area (Å²) in [4.78, 5) is 24.2. The number of carbonyl (C=O) groups is 2. The van der Waals surface area contributed by atoms with E-state index in [0.29, 0.717) is 6.54 Å². The summed E-state index contributed by atoms with van der Waals surface area (Å²) < 4.78 is 0. The molecule has 2 atom stereocenters. The fourth-order valence-electron chi connectivity index (χ4n) is 2.20. The van der Waals surface area contributed by atoms with Crippen molar-refractivity contribution in [2.24, 2.45) is 5.73 Å². The first-order valence-corrected chi connectivity index (χ1v) is 5.84. The van der Waals surface area contributed by atoms with E-state index in [9.17, 15) is 9.59 Å². The van der Waals surface area contributed by atoms with Gasteiger partial charge in [0.15, 0.2) is 0 Å². The maximum absolute atomic E-state index is 11.9. The number of hydrogen-bond donors (Lipinski definition) is 2. The van der Waals surface area contributed by atoms with Gasteiger partial charge >= 0.3 is 5.97 Å². The van der Waals surface area contributed by atoms with E-state index in [0.717, 1.165) is 25.7 Å². The van der Waals surface area contributed by atoms with E-state index in [-0.39, 0.29) is 18.4 Å². The van der Waals surface area contributed by atoms with Gasteiger partial charge in [-0.05, 0) is 25.7 Å². The second-order valence-corrected chi connectivity index (χ2v) is 4.29. The number of hydrogen-bond acceptors (Lipinski definition) is 3. The Bertz CT molecular complexity index is 268. The van der Waals surface area contributed by atoms with Gasteiger partial charge in [-0.15, -0.1) is 0 Å². The average molecular weight is 228 g/mol. The zero-order valence-corrected chi connectivity index (χ0v) is 9.69. The smallest absolute Gasteiger partial charge is 0.305 e. The largest absolute Gasteiger partial charge is 0.481 e. The second-order valence-electron chi connectivity index (χ2n) is 4.29. The van der Waals surface area contributed by atoms with Crippen LogP contribution in [0.2, 0.25) is 0 Å². The summed E-state index contributed by atoms with van der Waals surface area (Å²) in [6.07, 6.45) is 3.75. The number of nitrogens with zero attached hydrogens (tertiary/aromatic N) is 1. The quantitative estimate of drug-likeness (QED) is 0.737. The molecule has 1 rings (SSSR count). The Hall–Kier alpha value is -1.10. The van der Waals surface area contributed by atoms with E-state index in [4.69, 9.17) is 10.8 Å². The summed E-state index contributed by atoms with van der Waals surface area (Å²) in [6, 6.07) is -0.661. The van der Waals surface area contributed by atoms with Crippen LogP contribution in [0.4, 0.5) is 0 Å². The van der Waals surface area contributed by atoms with Crippen molar-refractivity contribution in [3.05, 3.63) is 0 Å². The van der Waals surface area contributed by atoms with Crippen LogP contribution in [-0.2, 0) is 9.59 Å². The molecule has 1 aliphatic heterocycles. The first kappa shape index (κ1) is 13.0. The average Bonchev–Trinajstić information content (AvgIpc) is 2.27. The molecule has 0 aromatic carbocycles. The lowest BCUT2D eigenvalue weighted by Crippen LogP contribution is -2.51. The van der Waals surface area contributed by atoms with Crippen LogP contribution in [0.1, 0.15) is 39.0 Å². The van der Waals surface area contributed by atoms with Crippen LogP contribution in [0.25, 0.3) is 0 Å². The number of carbonyl (C=O) groups excluding carboxylic acids is 1. The molecule has 0 bridgehead atoms. The van der Waals surface area contributed by atoms with Crippen molar-refractivity contribution in [1.82, 2.24) is 4.90 Å². The minimum Gasteiger partial charge on any atom is -0.481 e. The molecule has 16 heavy (non-hydrogen) atoms. The molecule has 0 spiro atoms. The highest BCUT2D eigenvalue weighted by Crippen LogP contribution is 2.20. The normalized spacial score (nSPS) is 22.9. The topological polar surface area (TPSA) is 83.6 Å². The van der Waals surface area contributed by atoms with Gasteiger partial charge in [0.1, 0.15) is 0 Å². The highest BCUT2D eigenvalue weighted by Gasteiger charge is 2.29. The molecule has 3 N–H and O–H groups in total. The van der Waals surface area contributed by atoms with Crippen LogP contribution < -0.4 is 5.73 Å². The molecule has 0 aromatic rings. The lowest BCUT2D eigenvalue weighted by Gasteiger charge is -2.36. The Morgan fingerprint density at radius 2 is 2.19 bits per heavy atom. The molecule has 5 heteroatoms. The molecule has 0 aromatic heterocycles. The second kappa shape index (κ2) is 5.84. The maximum Gasteiger partial charge on any atom is 0.305 e. The first-order chi connectivity index (χ1) is 7.56. The first-order valence-electron chi connectivity index (χ1n) is 5.84. The number of aliphatic carboxylic acids is 1. The Kier molecular flexibility index (Phi) is 4.73. The molecule has 1 amide bonds. The highest BCUT2D eigenvalue weighted by atomic mass is 16.4. The van der Waals surface area contributed by atoms with Gasteiger partial charge in [0.2, 0.25) is 5.91 Å². The van der Waals surface area contributed by atoms with Gasteiger partial charge in [-0.3, -0.25) is 9.59 Å². The van der Waals surface area contributed by atoms with Crippen LogP contribution in [0.15, 0.2) is 0 Å². The minimum absolute atomic E-state index is 0.214. The van der Waals surface area contributed by atoms with E-state index >= 15 is 0 Å². The number of carboxylic acid groups (broad SMARTS) is 1. The molecule has 0 saturated carbocycles. The summed E-state index contributed by atoms with van der Waals surface area (Å²) in [6.45, 7) is 2.75. The number of rotatable bonds is 4. The Morgan fingerprint density at radius 1 is 1.50 bits per heavy atom. The number of likely N-dealkylation sites (tertiary alicyclic amines) is 1. The van der Waals surface area contributed by atoms with Crippen molar-refractivity contribution >= 4 is 11.9 Å². The van der Waals surface area contributed by atoms with Crippen molar-refractivity contribution < 1.29 is 14.7 Å². The van der Waals surface area contributed by atoms with E-state index in [1.807, 2.05) is 6.92 Å². The maximum atomic E-state index is 11.9. The van der Waals surface area contributed by atoms with E-state index in [2.05, 4.69) is 0 Å². The van der Waals surface area contributed by atoms with E-state index in [1.165, 1.54) is 0 Å². The molecule has 5 nitrogen and oxygen atoms in total. The molecule has 1 saturated heterocycles. The van der Waals surface area contributed by atoms with Gasteiger partial charge in [-0.25, -0.2) is 0 Å².